The summed E-state index contributed by atoms with van der Waals surface area (Å²) in [4.78, 5) is 0. The van der Waals surface area contributed by atoms with E-state index in [1.165, 1.54) is 11.3 Å². The minimum absolute atomic E-state index is 0.752. The molecule has 0 saturated heterocycles. The molecule has 0 bridgehead atoms. The summed E-state index contributed by atoms with van der Waals surface area (Å²) >= 11 is 0. The van der Waals surface area contributed by atoms with Gasteiger partial charge in [-0.05, 0) is 6.42 Å². The van der Waals surface area contributed by atoms with Gasteiger partial charge in [0.15, 0.2) is 0 Å². The molecule has 4 nitrogen and oxygen atoms in total. The van der Waals surface area contributed by atoms with Crippen molar-refractivity contribution in [1.82, 2.24) is 15.1 Å². The van der Waals surface area contributed by atoms with Crippen molar-refractivity contribution >= 4 is 0 Å². The van der Waals surface area contributed by atoms with E-state index in [-0.39, 0.29) is 0 Å². The lowest BCUT2D eigenvalue weighted by Gasteiger charge is -2.02. The lowest BCUT2D eigenvalue weighted by molar-refractivity contribution is 0.199. The van der Waals surface area contributed by atoms with Crippen molar-refractivity contribution in [2.75, 3.05) is 20.3 Å². The highest BCUT2D eigenvalue weighted by Crippen LogP contribution is 2.06. The van der Waals surface area contributed by atoms with Crippen LogP contribution >= 0.6 is 0 Å². The summed E-state index contributed by atoms with van der Waals surface area (Å²) in [6.07, 6.45) is 3.06. The monoisotopic (exact) mass is 197 g/mol. The van der Waals surface area contributed by atoms with Gasteiger partial charge in [-0.1, -0.05) is 6.92 Å². The summed E-state index contributed by atoms with van der Waals surface area (Å²) in [5, 5.41) is 7.69. The number of aromatic nitrogens is 2. The van der Waals surface area contributed by atoms with Gasteiger partial charge in [-0.3, -0.25) is 4.68 Å². The molecular formula is C10H19N3O. The van der Waals surface area contributed by atoms with Crippen LogP contribution in [0, 0.1) is 0 Å². The van der Waals surface area contributed by atoms with Crippen molar-refractivity contribution in [1.29, 1.82) is 0 Å². The zero-order valence-electron chi connectivity index (χ0n) is 9.21. The molecule has 14 heavy (non-hydrogen) atoms. The van der Waals surface area contributed by atoms with Crippen LogP contribution in [0.3, 0.4) is 0 Å². The van der Waals surface area contributed by atoms with Crippen LogP contribution in [0.1, 0.15) is 18.2 Å². The maximum atomic E-state index is 4.96. The zero-order chi connectivity index (χ0) is 10.4. The number of hydrogen-bond acceptors (Lipinski definition) is 3. The van der Waals surface area contributed by atoms with Crippen LogP contribution in [0.2, 0.25) is 0 Å². The summed E-state index contributed by atoms with van der Waals surface area (Å²) in [5.41, 5.74) is 2.46. The molecular weight excluding hydrogens is 178 g/mol. The number of hydrogen-bond donors (Lipinski definition) is 1. The van der Waals surface area contributed by atoms with Gasteiger partial charge >= 0.3 is 0 Å². The molecule has 1 aromatic heterocycles. The summed E-state index contributed by atoms with van der Waals surface area (Å²) < 4.78 is 6.83. The van der Waals surface area contributed by atoms with Crippen molar-refractivity contribution in [2.24, 2.45) is 7.05 Å². The predicted molar refractivity (Wildman–Crippen MR) is 56.2 cm³/mol. The molecule has 0 aromatic carbocycles. The van der Waals surface area contributed by atoms with Crippen LogP contribution in [0.4, 0.5) is 0 Å². The van der Waals surface area contributed by atoms with E-state index >= 15 is 0 Å². The fraction of sp³-hybridized carbons (Fsp3) is 0.700. The molecule has 0 aliphatic heterocycles. The molecule has 0 radical (unpaired) electrons. The quantitative estimate of drug-likeness (QED) is 0.683. The molecule has 0 atom stereocenters. The van der Waals surface area contributed by atoms with E-state index < -0.39 is 0 Å². The normalized spacial score (nSPS) is 10.8. The fourth-order valence-electron chi connectivity index (χ4n) is 1.43. The minimum atomic E-state index is 0.752. The number of methoxy groups -OCH3 is 1. The molecule has 1 N–H and O–H groups in total. The maximum absolute atomic E-state index is 4.96. The lowest BCUT2D eigenvalue weighted by Crippen LogP contribution is -2.18. The third kappa shape index (κ3) is 3.12. The third-order valence-corrected chi connectivity index (χ3v) is 2.13. The molecule has 0 spiro atoms. The summed E-state index contributed by atoms with van der Waals surface area (Å²) in [6, 6.07) is 0. The van der Waals surface area contributed by atoms with Crippen molar-refractivity contribution in [3.8, 4) is 0 Å². The predicted octanol–water partition coefficient (Wildman–Crippen LogP) is 0.718. The van der Waals surface area contributed by atoms with E-state index in [9.17, 15) is 0 Å². The van der Waals surface area contributed by atoms with Gasteiger partial charge in [-0.15, -0.1) is 0 Å². The highest BCUT2D eigenvalue weighted by Gasteiger charge is 2.04. The Bertz CT molecular complexity index is 270. The van der Waals surface area contributed by atoms with Gasteiger partial charge in [0.2, 0.25) is 0 Å². The lowest BCUT2D eigenvalue weighted by atomic mass is 10.2. The van der Waals surface area contributed by atoms with Crippen molar-refractivity contribution in [3.63, 3.8) is 0 Å². The van der Waals surface area contributed by atoms with Crippen LogP contribution in [0.15, 0.2) is 6.20 Å². The minimum Gasteiger partial charge on any atom is -0.383 e. The van der Waals surface area contributed by atoms with E-state index in [4.69, 9.17) is 4.74 Å². The Morgan fingerprint density at radius 3 is 3.00 bits per heavy atom. The fourth-order valence-corrected chi connectivity index (χ4v) is 1.43. The molecule has 0 fully saturated rings. The van der Waals surface area contributed by atoms with Crippen LogP contribution < -0.4 is 5.32 Å². The molecule has 1 rings (SSSR count). The number of nitrogens with zero attached hydrogens (tertiary/aromatic N) is 2. The molecule has 0 saturated carbocycles. The second-order valence-electron chi connectivity index (χ2n) is 3.30. The van der Waals surface area contributed by atoms with E-state index in [2.05, 4.69) is 23.5 Å². The number of rotatable bonds is 6. The Kier molecular flexibility index (Phi) is 4.62. The highest BCUT2D eigenvalue weighted by molar-refractivity contribution is 5.16. The van der Waals surface area contributed by atoms with Gasteiger partial charge in [0.05, 0.1) is 12.3 Å². The first-order chi connectivity index (χ1) is 6.77. The Morgan fingerprint density at radius 1 is 1.57 bits per heavy atom. The first-order valence-corrected chi connectivity index (χ1v) is 4.99. The molecule has 80 valence electrons. The first-order valence-electron chi connectivity index (χ1n) is 4.99. The van der Waals surface area contributed by atoms with Gasteiger partial charge < -0.3 is 10.1 Å². The van der Waals surface area contributed by atoms with Crippen LogP contribution in [0.25, 0.3) is 0 Å². The maximum Gasteiger partial charge on any atom is 0.0666 e. The Hall–Kier alpha value is -0.870. The van der Waals surface area contributed by atoms with Crippen LogP contribution in [-0.4, -0.2) is 30.0 Å². The van der Waals surface area contributed by atoms with Crippen molar-refractivity contribution in [3.05, 3.63) is 17.5 Å². The van der Waals surface area contributed by atoms with Gasteiger partial charge in [-0.25, -0.2) is 0 Å². The van der Waals surface area contributed by atoms with E-state index in [1.54, 1.807) is 7.11 Å². The summed E-state index contributed by atoms with van der Waals surface area (Å²) in [6.45, 7) is 4.64. The van der Waals surface area contributed by atoms with Gasteiger partial charge in [0, 0.05) is 39.0 Å². The smallest absolute Gasteiger partial charge is 0.0666 e. The van der Waals surface area contributed by atoms with E-state index in [0.29, 0.717) is 0 Å². The summed E-state index contributed by atoms with van der Waals surface area (Å²) in [7, 11) is 3.67. The Labute approximate surface area is 85.3 Å². The SMILES string of the molecule is CCc1nn(C)cc1CNCCOC. The molecule has 1 heterocycles. The van der Waals surface area contributed by atoms with Crippen LogP contribution in [0.5, 0.6) is 0 Å². The zero-order valence-corrected chi connectivity index (χ0v) is 9.21. The molecule has 1 aromatic rings. The molecule has 0 aliphatic carbocycles. The first kappa shape index (κ1) is 11.2. The second-order valence-corrected chi connectivity index (χ2v) is 3.30. The molecule has 0 unspecified atom stereocenters. The Balaban J connectivity index is 2.41. The van der Waals surface area contributed by atoms with E-state index in [0.717, 1.165) is 26.1 Å². The average Bonchev–Trinajstić information content (AvgIpc) is 2.54. The Morgan fingerprint density at radius 2 is 2.36 bits per heavy atom. The topological polar surface area (TPSA) is 39.1 Å². The van der Waals surface area contributed by atoms with Crippen molar-refractivity contribution < 1.29 is 4.74 Å². The van der Waals surface area contributed by atoms with Gasteiger partial charge in [0.25, 0.3) is 0 Å². The largest absolute Gasteiger partial charge is 0.383 e. The number of nitrogens with one attached hydrogen (secondary N) is 1. The van der Waals surface area contributed by atoms with Crippen LogP contribution in [-0.2, 0) is 24.8 Å². The van der Waals surface area contributed by atoms with Crippen molar-refractivity contribution in [2.45, 2.75) is 19.9 Å². The second kappa shape index (κ2) is 5.78. The standard InChI is InChI=1S/C10H19N3O/c1-4-10-9(8-13(2)12-10)7-11-5-6-14-3/h8,11H,4-7H2,1-3H3. The van der Waals surface area contributed by atoms with E-state index in [1.807, 2.05) is 11.7 Å². The molecule has 4 heteroatoms. The number of ether oxygens (including phenoxy) is 1. The average molecular weight is 197 g/mol. The van der Waals surface area contributed by atoms with Gasteiger partial charge in [-0.2, -0.15) is 5.10 Å². The number of aryl methyl sites for hydroxylation is 2. The molecule has 0 aliphatic rings. The van der Waals surface area contributed by atoms with Gasteiger partial charge in [0.1, 0.15) is 0 Å². The highest BCUT2D eigenvalue weighted by atomic mass is 16.5. The third-order valence-electron chi connectivity index (χ3n) is 2.13. The summed E-state index contributed by atoms with van der Waals surface area (Å²) in [5.74, 6) is 0. The molecule has 0 amide bonds.